The van der Waals surface area contributed by atoms with Gasteiger partial charge < -0.3 is 15.9 Å². The van der Waals surface area contributed by atoms with Gasteiger partial charge in [0.15, 0.2) is 17.3 Å². The van der Waals surface area contributed by atoms with E-state index in [1.165, 1.54) is 0 Å². The molecule has 0 saturated carbocycles. The van der Waals surface area contributed by atoms with Gasteiger partial charge in [-0.25, -0.2) is 14.4 Å². The van der Waals surface area contributed by atoms with Crippen LogP contribution >= 0.6 is 11.6 Å². The van der Waals surface area contributed by atoms with Gasteiger partial charge in [-0.15, -0.1) is 0 Å². The number of nitrogens with zero attached hydrogens (tertiary/aromatic N) is 2. The maximum atomic E-state index is 13.4. The molecule has 0 aliphatic rings. The van der Waals surface area contributed by atoms with Crippen molar-refractivity contribution < 1.29 is 14.6 Å². The number of anilines is 1. The molecule has 15 heavy (non-hydrogen) atoms. The number of aromatic nitrogens is 2. The summed E-state index contributed by atoms with van der Waals surface area (Å²) in [6.45, 7) is 0. The fraction of sp³-hybridized carbons (Fsp3) is 0. The molecule has 2 rings (SSSR count). The minimum Gasteiger partial charge on any atom is -0.504 e. The molecule has 78 valence electrons. The number of hydrogen-bond donors (Lipinski definition) is 3. The summed E-state index contributed by atoms with van der Waals surface area (Å²) in [5.41, 5.74) is 5.22. The lowest BCUT2D eigenvalue weighted by Crippen LogP contribution is -1.97. The zero-order valence-electron chi connectivity index (χ0n) is 7.20. The van der Waals surface area contributed by atoms with Gasteiger partial charge in [0.2, 0.25) is 5.28 Å². The second kappa shape index (κ2) is 3.09. The van der Waals surface area contributed by atoms with E-state index in [9.17, 15) is 4.39 Å². The monoisotopic (exact) mass is 229 g/mol. The summed E-state index contributed by atoms with van der Waals surface area (Å²) >= 11 is 5.48. The first kappa shape index (κ1) is 9.72. The number of fused-ring (bicyclic) bond motifs is 1. The largest absolute Gasteiger partial charge is 0.504 e. The number of hydrogen-bond acceptors (Lipinski definition) is 5. The van der Waals surface area contributed by atoms with Gasteiger partial charge in [0.25, 0.3) is 0 Å². The van der Waals surface area contributed by atoms with Crippen LogP contribution in [0.15, 0.2) is 6.07 Å². The van der Waals surface area contributed by atoms with Crippen LogP contribution in [0.4, 0.5) is 10.2 Å². The van der Waals surface area contributed by atoms with Crippen LogP contribution in [0.1, 0.15) is 0 Å². The fourth-order valence-electron chi connectivity index (χ4n) is 1.20. The van der Waals surface area contributed by atoms with Gasteiger partial charge in [0.05, 0.1) is 0 Å². The molecule has 5 nitrogen and oxygen atoms in total. The molecular formula is C8H5ClFN3O2. The zero-order valence-corrected chi connectivity index (χ0v) is 7.96. The van der Waals surface area contributed by atoms with Crippen molar-refractivity contribution in [1.29, 1.82) is 0 Å². The van der Waals surface area contributed by atoms with E-state index < -0.39 is 17.3 Å². The van der Waals surface area contributed by atoms with Crippen molar-refractivity contribution in [3.8, 4) is 11.5 Å². The first-order valence-corrected chi connectivity index (χ1v) is 4.21. The SMILES string of the molecule is Nc1nc(Cl)nc2c(F)c(O)c(O)cc12. The molecule has 0 bridgehead atoms. The Kier molecular flexibility index (Phi) is 2.01. The van der Waals surface area contributed by atoms with E-state index in [-0.39, 0.29) is 22.0 Å². The van der Waals surface area contributed by atoms with E-state index in [4.69, 9.17) is 27.5 Å². The van der Waals surface area contributed by atoms with Crippen molar-refractivity contribution in [2.24, 2.45) is 0 Å². The molecule has 7 heteroatoms. The normalized spacial score (nSPS) is 10.8. The van der Waals surface area contributed by atoms with Crippen LogP contribution in [0.3, 0.4) is 0 Å². The molecule has 1 aromatic carbocycles. The lowest BCUT2D eigenvalue weighted by Gasteiger charge is -2.05. The van der Waals surface area contributed by atoms with Gasteiger partial charge in [-0.2, -0.15) is 0 Å². The van der Waals surface area contributed by atoms with Crippen molar-refractivity contribution in [1.82, 2.24) is 9.97 Å². The number of phenolic OH excluding ortho intramolecular Hbond substituents is 2. The first-order valence-electron chi connectivity index (χ1n) is 3.84. The molecule has 0 radical (unpaired) electrons. The number of benzene rings is 1. The van der Waals surface area contributed by atoms with E-state index >= 15 is 0 Å². The maximum Gasteiger partial charge on any atom is 0.225 e. The van der Waals surface area contributed by atoms with Crippen LogP contribution in [-0.4, -0.2) is 20.2 Å². The highest BCUT2D eigenvalue weighted by Gasteiger charge is 2.16. The number of nitrogens with two attached hydrogens (primary N) is 1. The molecular weight excluding hydrogens is 225 g/mol. The van der Waals surface area contributed by atoms with Crippen molar-refractivity contribution >= 4 is 28.3 Å². The number of nitrogen functional groups attached to an aromatic ring is 1. The van der Waals surface area contributed by atoms with E-state index in [1.807, 2.05) is 0 Å². The van der Waals surface area contributed by atoms with Crippen LogP contribution < -0.4 is 5.73 Å². The van der Waals surface area contributed by atoms with E-state index in [2.05, 4.69) is 9.97 Å². The van der Waals surface area contributed by atoms with Gasteiger partial charge in [-0.05, 0) is 17.7 Å². The number of aromatic hydroxyl groups is 2. The average molecular weight is 230 g/mol. The van der Waals surface area contributed by atoms with E-state index in [1.54, 1.807) is 0 Å². The quantitative estimate of drug-likeness (QED) is 0.469. The Balaban J connectivity index is 2.98. The third-order valence-electron chi connectivity index (χ3n) is 1.89. The first-order chi connectivity index (χ1) is 7.00. The molecule has 0 spiro atoms. The smallest absolute Gasteiger partial charge is 0.225 e. The topological polar surface area (TPSA) is 92.3 Å². The lowest BCUT2D eigenvalue weighted by atomic mass is 10.2. The Morgan fingerprint density at radius 2 is 2.00 bits per heavy atom. The predicted octanol–water partition coefficient (Wildman–Crippen LogP) is 1.42. The second-order valence-corrected chi connectivity index (χ2v) is 3.17. The Hall–Kier alpha value is -1.82. The summed E-state index contributed by atoms with van der Waals surface area (Å²) in [5, 5.41) is 18.1. The predicted molar refractivity (Wildman–Crippen MR) is 52.2 cm³/mol. The third-order valence-corrected chi connectivity index (χ3v) is 2.06. The summed E-state index contributed by atoms with van der Waals surface area (Å²) in [4.78, 5) is 7.15. The Morgan fingerprint density at radius 1 is 1.33 bits per heavy atom. The van der Waals surface area contributed by atoms with Crippen molar-refractivity contribution in [2.75, 3.05) is 5.73 Å². The van der Waals surface area contributed by atoms with Crippen LogP contribution in [0.5, 0.6) is 11.5 Å². The summed E-state index contributed by atoms with van der Waals surface area (Å²) in [6.07, 6.45) is 0. The van der Waals surface area contributed by atoms with Crippen LogP contribution in [-0.2, 0) is 0 Å². The van der Waals surface area contributed by atoms with Crippen LogP contribution in [0.2, 0.25) is 5.28 Å². The van der Waals surface area contributed by atoms with Gasteiger partial charge in [-0.3, -0.25) is 0 Å². The summed E-state index contributed by atoms with van der Waals surface area (Å²) in [6, 6.07) is 1.07. The summed E-state index contributed by atoms with van der Waals surface area (Å²) in [7, 11) is 0. The number of rotatable bonds is 0. The van der Waals surface area contributed by atoms with E-state index in [0.29, 0.717) is 0 Å². The highest BCUT2D eigenvalue weighted by molar-refractivity contribution is 6.28. The molecule has 0 fully saturated rings. The zero-order chi connectivity index (χ0) is 11.2. The molecule has 1 aromatic heterocycles. The minimum absolute atomic E-state index is 0.0702. The van der Waals surface area contributed by atoms with Crippen LogP contribution in [0, 0.1) is 5.82 Å². The standard InChI is InChI=1S/C8H5ClFN3O2/c9-8-12-5-2(7(11)13-8)1-3(14)6(15)4(5)10/h1,14-15H,(H2,11,12,13). The third kappa shape index (κ3) is 1.39. The van der Waals surface area contributed by atoms with Gasteiger partial charge >= 0.3 is 0 Å². The fourth-order valence-corrected chi connectivity index (χ4v) is 1.37. The lowest BCUT2D eigenvalue weighted by molar-refractivity contribution is 0.381. The molecule has 0 unspecified atom stereocenters. The number of phenols is 2. The van der Waals surface area contributed by atoms with Crippen molar-refractivity contribution in [3.05, 3.63) is 17.2 Å². The molecule has 0 amide bonds. The molecule has 0 atom stereocenters. The summed E-state index contributed by atoms with van der Waals surface area (Å²) in [5.74, 6) is -2.67. The highest BCUT2D eigenvalue weighted by Crippen LogP contribution is 2.35. The molecule has 0 aliphatic carbocycles. The Labute approximate surface area is 87.9 Å². The summed E-state index contributed by atoms with van der Waals surface area (Å²) < 4.78 is 13.4. The maximum absolute atomic E-state index is 13.4. The highest BCUT2D eigenvalue weighted by atomic mass is 35.5. The van der Waals surface area contributed by atoms with Crippen molar-refractivity contribution in [2.45, 2.75) is 0 Å². The Morgan fingerprint density at radius 3 is 2.67 bits per heavy atom. The molecule has 1 heterocycles. The van der Waals surface area contributed by atoms with Crippen molar-refractivity contribution in [3.63, 3.8) is 0 Å². The minimum atomic E-state index is -1.08. The molecule has 2 aromatic rings. The molecule has 0 aliphatic heterocycles. The molecule has 0 saturated heterocycles. The second-order valence-electron chi connectivity index (χ2n) is 2.83. The molecule has 4 N–H and O–H groups in total. The van der Waals surface area contributed by atoms with Gasteiger partial charge in [0.1, 0.15) is 11.3 Å². The average Bonchev–Trinajstić information content (AvgIpc) is 2.17. The van der Waals surface area contributed by atoms with Gasteiger partial charge in [0, 0.05) is 5.39 Å². The van der Waals surface area contributed by atoms with Gasteiger partial charge in [-0.1, -0.05) is 0 Å². The van der Waals surface area contributed by atoms with Crippen LogP contribution in [0.25, 0.3) is 10.9 Å². The van der Waals surface area contributed by atoms with E-state index in [0.717, 1.165) is 6.07 Å². The number of halogens is 2. The Bertz CT molecular complexity index is 561.